The molecule has 1 fully saturated rings. The monoisotopic (exact) mass is 311 g/mol. The molecule has 0 spiro atoms. The van der Waals surface area contributed by atoms with Gasteiger partial charge in [-0.3, -0.25) is 4.79 Å². The second-order valence-corrected chi connectivity index (χ2v) is 6.83. The third kappa shape index (κ3) is 4.22. The van der Waals surface area contributed by atoms with E-state index in [9.17, 15) is 4.79 Å². The molecule has 21 heavy (non-hydrogen) atoms. The Labute approximate surface area is 130 Å². The third-order valence-electron chi connectivity index (χ3n) is 4.18. The Bertz CT molecular complexity index is 475. The highest BCUT2D eigenvalue weighted by Crippen LogP contribution is 2.35. The number of aryl methyl sites for hydroxylation is 1. The minimum Gasteiger partial charge on any atom is -0.481 e. The van der Waals surface area contributed by atoms with Crippen LogP contribution in [0.2, 0.25) is 0 Å². The Balaban J connectivity index is 2.27. The Morgan fingerprint density at radius 1 is 1.33 bits per heavy atom. The molecule has 0 radical (unpaired) electrons. The van der Waals surface area contributed by atoms with Crippen LogP contribution in [0.1, 0.15) is 64.2 Å². The molecule has 1 N–H and O–H groups in total. The molecule has 1 saturated carbocycles. The quantitative estimate of drug-likeness (QED) is 0.643. The van der Waals surface area contributed by atoms with E-state index in [2.05, 4.69) is 28.6 Å². The van der Waals surface area contributed by atoms with Crippen molar-refractivity contribution in [3.05, 3.63) is 5.82 Å². The molecule has 0 aromatic carbocycles. The zero-order valence-electron chi connectivity index (χ0n) is 12.9. The average molecular weight is 311 g/mol. The van der Waals surface area contributed by atoms with Crippen LogP contribution in [0, 0.1) is 5.92 Å². The number of thioether (sulfide) groups is 1. The molecule has 1 aromatic heterocycles. The maximum absolute atomic E-state index is 10.8. The number of carboxylic acids is 1. The van der Waals surface area contributed by atoms with Gasteiger partial charge in [0, 0.05) is 12.5 Å². The van der Waals surface area contributed by atoms with Crippen LogP contribution in [0.3, 0.4) is 0 Å². The maximum Gasteiger partial charge on any atom is 0.313 e. The highest BCUT2D eigenvalue weighted by molar-refractivity contribution is 7.99. The summed E-state index contributed by atoms with van der Waals surface area (Å²) in [6, 6.07) is 0.417. The summed E-state index contributed by atoms with van der Waals surface area (Å²) in [5, 5.41) is 18.3. The molecular formula is C15H25N3O2S. The van der Waals surface area contributed by atoms with Gasteiger partial charge in [-0.2, -0.15) is 0 Å². The van der Waals surface area contributed by atoms with Crippen LogP contribution in [0.4, 0.5) is 0 Å². The van der Waals surface area contributed by atoms with E-state index in [4.69, 9.17) is 5.11 Å². The van der Waals surface area contributed by atoms with Crippen molar-refractivity contribution in [2.75, 3.05) is 5.75 Å². The Morgan fingerprint density at radius 2 is 2.10 bits per heavy atom. The average Bonchev–Trinajstić information content (AvgIpc) is 2.71. The molecule has 2 unspecified atom stereocenters. The third-order valence-corrected chi connectivity index (χ3v) is 5.11. The topological polar surface area (TPSA) is 68.0 Å². The molecule has 2 atom stereocenters. The first-order valence-electron chi connectivity index (χ1n) is 7.91. The largest absolute Gasteiger partial charge is 0.481 e. The van der Waals surface area contributed by atoms with Gasteiger partial charge in [0.15, 0.2) is 5.16 Å². The van der Waals surface area contributed by atoms with Crippen molar-refractivity contribution in [2.24, 2.45) is 5.92 Å². The Hall–Kier alpha value is -1.04. The Kier molecular flexibility index (Phi) is 6.08. The molecule has 0 aliphatic heterocycles. The van der Waals surface area contributed by atoms with Crippen LogP contribution in [0.25, 0.3) is 0 Å². The molecule has 1 aliphatic carbocycles. The summed E-state index contributed by atoms with van der Waals surface area (Å²) in [7, 11) is 0. The highest BCUT2D eigenvalue weighted by Gasteiger charge is 2.27. The minimum atomic E-state index is -0.805. The molecule has 1 heterocycles. The van der Waals surface area contributed by atoms with Gasteiger partial charge < -0.3 is 9.67 Å². The van der Waals surface area contributed by atoms with Crippen molar-refractivity contribution in [3.8, 4) is 0 Å². The van der Waals surface area contributed by atoms with Gasteiger partial charge in [0.25, 0.3) is 0 Å². The van der Waals surface area contributed by atoms with Gasteiger partial charge in [-0.25, -0.2) is 0 Å². The summed E-state index contributed by atoms with van der Waals surface area (Å²) < 4.78 is 2.24. The fourth-order valence-electron chi connectivity index (χ4n) is 3.12. The van der Waals surface area contributed by atoms with Gasteiger partial charge in [-0.15, -0.1) is 10.2 Å². The van der Waals surface area contributed by atoms with Gasteiger partial charge in [-0.05, 0) is 25.2 Å². The number of aromatic nitrogens is 3. The van der Waals surface area contributed by atoms with Crippen LogP contribution in [-0.4, -0.2) is 31.6 Å². The zero-order valence-corrected chi connectivity index (χ0v) is 13.7. The van der Waals surface area contributed by atoms with Crippen LogP contribution in [-0.2, 0) is 11.2 Å². The van der Waals surface area contributed by atoms with Gasteiger partial charge in [0.2, 0.25) is 0 Å². The number of hydrogen-bond acceptors (Lipinski definition) is 4. The maximum atomic E-state index is 10.8. The van der Waals surface area contributed by atoms with Crippen LogP contribution < -0.4 is 0 Å². The Morgan fingerprint density at radius 3 is 2.81 bits per heavy atom. The lowest BCUT2D eigenvalue weighted by Crippen LogP contribution is -2.20. The first kappa shape index (κ1) is 16.3. The summed E-state index contributed by atoms with van der Waals surface area (Å²) >= 11 is 1.29. The van der Waals surface area contributed by atoms with Gasteiger partial charge in [-0.1, -0.05) is 44.9 Å². The smallest absolute Gasteiger partial charge is 0.313 e. The molecule has 1 aliphatic rings. The van der Waals surface area contributed by atoms with E-state index in [-0.39, 0.29) is 5.75 Å². The summed E-state index contributed by atoms with van der Waals surface area (Å²) in [6.07, 6.45) is 8.15. The number of nitrogens with zero attached hydrogens (tertiary/aromatic N) is 3. The second-order valence-electron chi connectivity index (χ2n) is 5.88. The van der Waals surface area contributed by atoms with Gasteiger partial charge >= 0.3 is 5.97 Å². The molecule has 118 valence electrons. The van der Waals surface area contributed by atoms with Crippen molar-refractivity contribution in [3.63, 3.8) is 0 Å². The number of aliphatic carboxylic acids is 1. The molecule has 0 amide bonds. The fraction of sp³-hybridized carbons (Fsp3) is 0.800. The second kappa shape index (κ2) is 7.82. The summed E-state index contributed by atoms with van der Waals surface area (Å²) in [4.78, 5) is 10.8. The van der Waals surface area contributed by atoms with E-state index < -0.39 is 5.97 Å². The molecule has 1 aromatic rings. The van der Waals surface area contributed by atoms with Crippen LogP contribution >= 0.6 is 11.8 Å². The normalized spacial score (nSPS) is 23.0. The first-order chi connectivity index (χ1) is 10.1. The van der Waals surface area contributed by atoms with Crippen LogP contribution in [0.15, 0.2) is 5.16 Å². The van der Waals surface area contributed by atoms with E-state index in [1.54, 1.807) is 0 Å². The van der Waals surface area contributed by atoms with Crippen molar-refractivity contribution < 1.29 is 9.90 Å². The standard InChI is InChI=1S/C15H25N3O2S/c1-3-7-13-16-17-15(21-10-14(19)20)18(13)12-9-6-4-5-8-11(12)2/h11-12H,3-10H2,1-2H3,(H,19,20). The molecular weight excluding hydrogens is 286 g/mol. The van der Waals surface area contributed by atoms with E-state index in [0.29, 0.717) is 12.0 Å². The first-order valence-corrected chi connectivity index (χ1v) is 8.90. The number of rotatable bonds is 6. The SMILES string of the molecule is CCCc1nnc(SCC(=O)O)n1C1CCCCCC1C. The predicted molar refractivity (Wildman–Crippen MR) is 83.7 cm³/mol. The van der Waals surface area contributed by atoms with Crippen molar-refractivity contribution in [1.82, 2.24) is 14.8 Å². The van der Waals surface area contributed by atoms with Crippen molar-refractivity contribution in [2.45, 2.75) is 70.0 Å². The van der Waals surface area contributed by atoms with Crippen LogP contribution in [0.5, 0.6) is 0 Å². The minimum absolute atomic E-state index is 0.0470. The van der Waals surface area contributed by atoms with E-state index in [1.165, 1.54) is 37.4 Å². The zero-order chi connectivity index (χ0) is 15.2. The van der Waals surface area contributed by atoms with E-state index in [0.717, 1.165) is 30.2 Å². The molecule has 0 bridgehead atoms. The number of hydrogen-bond donors (Lipinski definition) is 1. The molecule has 2 rings (SSSR count). The number of carbonyl (C=O) groups is 1. The van der Waals surface area contributed by atoms with Crippen molar-refractivity contribution in [1.29, 1.82) is 0 Å². The predicted octanol–water partition coefficient (Wildman–Crippen LogP) is 3.55. The number of carboxylic acid groups (broad SMARTS) is 1. The van der Waals surface area contributed by atoms with Gasteiger partial charge in [0.1, 0.15) is 5.82 Å². The molecule has 6 heteroatoms. The summed E-state index contributed by atoms with van der Waals surface area (Å²) in [5.41, 5.74) is 0. The van der Waals surface area contributed by atoms with E-state index >= 15 is 0 Å². The lowest BCUT2D eigenvalue weighted by atomic mass is 9.96. The molecule has 0 saturated heterocycles. The van der Waals surface area contributed by atoms with Crippen molar-refractivity contribution >= 4 is 17.7 Å². The summed E-state index contributed by atoms with van der Waals surface area (Å²) in [6.45, 7) is 4.44. The molecule has 5 nitrogen and oxygen atoms in total. The lowest BCUT2D eigenvalue weighted by Gasteiger charge is -2.25. The van der Waals surface area contributed by atoms with Gasteiger partial charge in [0.05, 0.1) is 5.75 Å². The fourth-order valence-corrected chi connectivity index (χ4v) is 3.85. The summed E-state index contributed by atoms with van der Waals surface area (Å²) in [5.74, 6) is 0.860. The van der Waals surface area contributed by atoms with E-state index in [1.807, 2.05) is 0 Å². The highest BCUT2D eigenvalue weighted by atomic mass is 32.2. The lowest BCUT2D eigenvalue weighted by molar-refractivity contribution is -0.133.